The van der Waals surface area contributed by atoms with Crippen LogP contribution < -0.4 is 16.2 Å². The third-order valence-corrected chi connectivity index (χ3v) is 2.66. The van der Waals surface area contributed by atoms with Crippen LogP contribution in [0.1, 0.15) is 24.5 Å². The normalized spacial score (nSPS) is 23.9. The van der Waals surface area contributed by atoms with Crippen molar-refractivity contribution in [2.24, 2.45) is 11.5 Å². The summed E-state index contributed by atoms with van der Waals surface area (Å²) in [5.74, 6) is 0.858. The molecule has 3 nitrogen and oxygen atoms in total. The number of ether oxygens (including phenoxy) is 1. The second-order valence-electron chi connectivity index (χ2n) is 4.12. The molecule has 1 aliphatic heterocycles. The lowest BCUT2D eigenvalue weighted by Gasteiger charge is -2.36. The zero-order chi connectivity index (χ0) is 10.3. The Morgan fingerprint density at radius 3 is 2.86 bits per heavy atom. The Bertz CT molecular complexity index is 360. The number of hydrogen-bond acceptors (Lipinski definition) is 3. The van der Waals surface area contributed by atoms with Crippen molar-refractivity contribution in [3.05, 3.63) is 29.3 Å². The van der Waals surface area contributed by atoms with Crippen LogP contribution in [0.15, 0.2) is 18.2 Å². The van der Waals surface area contributed by atoms with E-state index in [-0.39, 0.29) is 6.10 Å². The Morgan fingerprint density at radius 2 is 2.14 bits per heavy atom. The summed E-state index contributed by atoms with van der Waals surface area (Å²) in [6.07, 6.45) is 0.738. The van der Waals surface area contributed by atoms with Crippen LogP contribution in [-0.4, -0.2) is 6.10 Å². The maximum absolute atomic E-state index is 6.05. The lowest BCUT2D eigenvalue weighted by molar-refractivity contribution is 0.140. The van der Waals surface area contributed by atoms with E-state index in [1.807, 2.05) is 32.0 Å². The summed E-state index contributed by atoms with van der Waals surface area (Å²) in [6.45, 7) is 4.00. The molecule has 1 aromatic rings. The number of rotatable bonds is 0. The van der Waals surface area contributed by atoms with Gasteiger partial charge in [-0.3, -0.25) is 0 Å². The maximum atomic E-state index is 6.05. The third-order valence-electron chi connectivity index (χ3n) is 2.66. The fraction of sp³-hybridized carbons (Fsp3) is 0.455. The highest BCUT2D eigenvalue weighted by Gasteiger charge is 2.34. The number of aryl methyl sites for hydroxylation is 1. The van der Waals surface area contributed by atoms with Gasteiger partial charge < -0.3 is 16.2 Å². The fourth-order valence-corrected chi connectivity index (χ4v) is 2.00. The summed E-state index contributed by atoms with van der Waals surface area (Å²) >= 11 is 0. The first-order chi connectivity index (χ1) is 6.50. The molecule has 14 heavy (non-hydrogen) atoms. The molecule has 3 heteroatoms. The molecule has 0 aromatic heterocycles. The molecule has 0 aliphatic carbocycles. The summed E-state index contributed by atoms with van der Waals surface area (Å²) in [4.78, 5) is 0. The Balaban J connectivity index is 2.57. The number of para-hydroxylation sites is 1. The molecular formula is C11H16N2O. The molecule has 1 aliphatic rings. The summed E-state index contributed by atoms with van der Waals surface area (Å²) in [6, 6.07) is 5.91. The smallest absolute Gasteiger partial charge is 0.129 e. The SMILES string of the molecule is Cc1cccc2c1OC(C)CC2(N)N. The number of benzene rings is 1. The van der Waals surface area contributed by atoms with Gasteiger partial charge in [0.1, 0.15) is 5.75 Å². The van der Waals surface area contributed by atoms with E-state index >= 15 is 0 Å². The average molecular weight is 192 g/mol. The first-order valence-corrected chi connectivity index (χ1v) is 4.85. The Kier molecular flexibility index (Phi) is 2.01. The monoisotopic (exact) mass is 192 g/mol. The minimum Gasteiger partial charge on any atom is -0.490 e. The second-order valence-corrected chi connectivity index (χ2v) is 4.12. The van der Waals surface area contributed by atoms with E-state index in [1.165, 1.54) is 0 Å². The quantitative estimate of drug-likeness (QED) is 0.608. The van der Waals surface area contributed by atoms with E-state index in [2.05, 4.69) is 0 Å². The highest BCUT2D eigenvalue weighted by molar-refractivity contribution is 5.45. The van der Waals surface area contributed by atoms with E-state index in [9.17, 15) is 0 Å². The highest BCUT2D eigenvalue weighted by Crippen LogP contribution is 2.36. The molecule has 1 unspecified atom stereocenters. The Morgan fingerprint density at radius 1 is 1.43 bits per heavy atom. The van der Waals surface area contributed by atoms with Gasteiger partial charge in [-0.05, 0) is 19.4 Å². The van der Waals surface area contributed by atoms with E-state index < -0.39 is 5.66 Å². The van der Waals surface area contributed by atoms with Crippen LogP contribution in [0.4, 0.5) is 0 Å². The van der Waals surface area contributed by atoms with E-state index in [0.29, 0.717) is 6.42 Å². The molecule has 0 saturated heterocycles. The van der Waals surface area contributed by atoms with Gasteiger partial charge in [-0.2, -0.15) is 0 Å². The van der Waals surface area contributed by atoms with E-state index in [4.69, 9.17) is 16.2 Å². The van der Waals surface area contributed by atoms with Gasteiger partial charge in [0.2, 0.25) is 0 Å². The molecular weight excluding hydrogens is 176 g/mol. The fourth-order valence-electron chi connectivity index (χ4n) is 2.00. The first-order valence-electron chi connectivity index (χ1n) is 4.85. The van der Waals surface area contributed by atoms with Gasteiger partial charge in [-0.25, -0.2) is 0 Å². The van der Waals surface area contributed by atoms with Gasteiger partial charge in [-0.1, -0.05) is 18.2 Å². The van der Waals surface area contributed by atoms with Crippen molar-refractivity contribution in [2.45, 2.75) is 32.0 Å². The van der Waals surface area contributed by atoms with Gasteiger partial charge in [0.05, 0.1) is 11.8 Å². The van der Waals surface area contributed by atoms with Crippen LogP contribution >= 0.6 is 0 Å². The number of nitrogens with two attached hydrogens (primary N) is 2. The average Bonchev–Trinajstić information content (AvgIpc) is 2.05. The van der Waals surface area contributed by atoms with Crippen molar-refractivity contribution in [1.82, 2.24) is 0 Å². The Labute approximate surface area is 84.0 Å². The molecule has 0 amide bonds. The van der Waals surface area contributed by atoms with E-state index in [0.717, 1.165) is 16.9 Å². The molecule has 0 spiro atoms. The molecule has 0 radical (unpaired) electrons. The van der Waals surface area contributed by atoms with Gasteiger partial charge in [0, 0.05) is 12.0 Å². The summed E-state index contributed by atoms with van der Waals surface area (Å²) < 4.78 is 5.74. The van der Waals surface area contributed by atoms with Crippen molar-refractivity contribution in [1.29, 1.82) is 0 Å². The van der Waals surface area contributed by atoms with E-state index in [1.54, 1.807) is 0 Å². The van der Waals surface area contributed by atoms with Crippen LogP contribution in [-0.2, 0) is 5.66 Å². The maximum Gasteiger partial charge on any atom is 0.129 e. The standard InChI is InChI=1S/C11H16N2O/c1-7-4-3-5-9-10(7)14-8(2)6-11(9,12)13/h3-5,8H,6,12-13H2,1-2H3. The van der Waals surface area contributed by atoms with Gasteiger partial charge in [0.25, 0.3) is 0 Å². The molecule has 76 valence electrons. The van der Waals surface area contributed by atoms with Crippen molar-refractivity contribution in [3.63, 3.8) is 0 Å². The molecule has 1 heterocycles. The van der Waals surface area contributed by atoms with Crippen LogP contribution in [0, 0.1) is 6.92 Å². The van der Waals surface area contributed by atoms with Gasteiger partial charge in [0.15, 0.2) is 0 Å². The molecule has 0 bridgehead atoms. The van der Waals surface area contributed by atoms with Gasteiger partial charge >= 0.3 is 0 Å². The van der Waals surface area contributed by atoms with Crippen LogP contribution in [0.5, 0.6) is 5.75 Å². The highest BCUT2D eigenvalue weighted by atomic mass is 16.5. The minimum atomic E-state index is -0.751. The van der Waals surface area contributed by atoms with Gasteiger partial charge in [-0.15, -0.1) is 0 Å². The second kappa shape index (κ2) is 2.97. The van der Waals surface area contributed by atoms with Crippen molar-refractivity contribution < 1.29 is 4.74 Å². The molecule has 0 fully saturated rings. The molecule has 2 rings (SSSR count). The molecule has 4 N–H and O–H groups in total. The number of hydrogen-bond donors (Lipinski definition) is 2. The van der Waals surface area contributed by atoms with Crippen LogP contribution in [0.3, 0.4) is 0 Å². The lowest BCUT2D eigenvalue weighted by atomic mass is 9.90. The zero-order valence-corrected chi connectivity index (χ0v) is 8.58. The third kappa shape index (κ3) is 1.38. The topological polar surface area (TPSA) is 61.3 Å². The van der Waals surface area contributed by atoms with Crippen molar-refractivity contribution in [2.75, 3.05) is 0 Å². The summed E-state index contributed by atoms with van der Waals surface area (Å²) in [5.41, 5.74) is 13.3. The minimum absolute atomic E-state index is 0.0820. The van der Waals surface area contributed by atoms with Crippen molar-refractivity contribution in [3.8, 4) is 5.75 Å². The number of fused-ring (bicyclic) bond motifs is 1. The molecule has 1 atom stereocenters. The van der Waals surface area contributed by atoms with Crippen LogP contribution in [0.25, 0.3) is 0 Å². The summed E-state index contributed by atoms with van der Waals surface area (Å²) in [7, 11) is 0. The molecule has 0 saturated carbocycles. The first kappa shape index (κ1) is 9.49. The zero-order valence-electron chi connectivity index (χ0n) is 8.58. The van der Waals surface area contributed by atoms with Crippen LogP contribution in [0.2, 0.25) is 0 Å². The summed E-state index contributed by atoms with van der Waals surface area (Å²) in [5, 5.41) is 0. The molecule has 1 aromatic carbocycles. The Hall–Kier alpha value is -1.06. The largest absolute Gasteiger partial charge is 0.490 e. The predicted octanol–water partition coefficient (Wildman–Crippen LogP) is 1.24. The predicted molar refractivity (Wildman–Crippen MR) is 55.9 cm³/mol. The lowest BCUT2D eigenvalue weighted by Crippen LogP contribution is -2.51. The van der Waals surface area contributed by atoms with Crippen molar-refractivity contribution >= 4 is 0 Å².